The third kappa shape index (κ3) is 5.15. The summed E-state index contributed by atoms with van der Waals surface area (Å²) in [5.41, 5.74) is 0.185. The zero-order valence-electron chi connectivity index (χ0n) is 12.5. The van der Waals surface area contributed by atoms with Crippen LogP contribution in [0.3, 0.4) is 0 Å². The van der Waals surface area contributed by atoms with Gasteiger partial charge in [0, 0.05) is 6.04 Å². The quantitative estimate of drug-likeness (QED) is 0.587. The summed E-state index contributed by atoms with van der Waals surface area (Å²) in [5.74, 6) is 0.392. The zero-order chi connectivity index (χ0) is 15.3. The first kappa shape index (κ1) is 16.4. The normalized spacial score (nSPS) is 11.4. The molecule has 0 radical (unpaired) electrons. The Kier molecular flexibility index (Phi) is 5.92. The van der Waals surface area contributed by atoms with Crippen molar-refractivity contribution in [2.75, 3.05) is 5.32 Å². The van der Waals surface area contributed by atoms with Gasteiger partial charge in [-0.05, 0) is 36.8 Å². The molecule has 0 aromatic heterocycles. The predicted molar refractivity (Wildman–Crippen MR) is 79.4 cm³/mol. The first-order valence-corrected chi connectivity index (χ1v) is 7.00. The summed E-state index contributed by atoms with van der Waals surface area (Å²) in [6.45, 7) is 8.48. The lowest BCUT2D eigenvalue weighted by Gasteiger charge is -2.23. The van der Waals surface area contributed by atoms with Gasteiger partial charge in [0.05, 0.1) is 11.0 Å². The van der Waals surface area contributed by atoms with Crippen LogP contribution in [0.4, 0.5) is 15.8 Å². The lowest BCUT2D eigenvalue weighted by atomic mass is 9.95. The lowest BCUT2D eigenvalue weighted by molar-refractivity contribution is -0.384. The molecule has 0 heterocycles. The Morgan fingerprint density at radius 3 is 2.20 bits per heavy atom. The molecule has 5 heteroatoms. The molecule has 1 aromatic carbocycles. The van der Waals surface area contributed by atoms with Crippen LogP contribution in [0.1, 0.15) is 40.5 Å². The minimum Gasteiger partial charge on any atom is -0.377 e. The van der Waals surface area contributed by atoms with Crippen LogP contribution in [-0.2, 0) is 0 Å². The molecule has 0 aliphatic rings. The Labute approximate surface area is 119 Å². The van der Waals surface area contributed by atoms with Crippen molar-refractivity contribution in [3.05, 3.63) is 34.1 Å². The van der Waals surface area contributed by atoms with Gasteiger partial charge < -0.3 is 5.32 Å². The second-order valence-corrected chi connectivity index (χ2v) is 6.02. The number of rotatable bonds is 7. The van der Waals surface area contributed by atoms with Crippen LogP contribution in [0.15, 0.2) is 18.2 Å². The minimum atomic E-state index is -0.591. The molecule has 1 aromatic rings. The van der Waals surface area contributed by atoms with E-state index < -0.39 is 10.7 Å². The third-order valence-corrected chi connectivity index (χ3v) is 3.03. The van der Waals surface area contributed by atoms with Gasteiger partial charge in [-0.2, -0.15) is 0 Å². The number of nitrogens with one attached hydrogen (secondary N) is 1. The third-order valence-electron chi connectivity index (χ3n) is 3.03. The minimum absolute atomic E-state index is 0.152. The molecule has 1 N–H and O–H groups in total. The van der Waals surface area contributed by atoms with Crippen molar-refractivity contribution in [1.82, 2.24) is 0 Å². The molecule has 20 heavy (non-hydrogen) atoms. The van der Waals surface area contributed by atoms with Crippen LogP contribution >= 0.6 is 0 Å². The number of benzene rings is 1. The Balaban J connectivity index is 2.94. The summed E-state index contributed by atoms with van der Waals surface area (Å²) in [5, 5.41) is 14.2. The fourth-order valence-electron chi connectivity index (χ4n) is 2.35. The maximum atomic E-state index is 13.1. The number of nitrogens with zero attached hydrogens (tertiary/aromatic N) is 1. The second kappa shape index (κ2) is 7.22. The van der Waals surface area contributed by atoms with Crippen molar-refractivity contribution < 1.29 is 9.31 Å². The van der Waals surface area contributed by atoms with Crippen molar-refractivity contribution in [3.63, 3.8) is 0 Å². The van der Waals surface area contributed by atoms with E-state index in [1.54, 1.807) is 0 Å². The molecule has 0 atom stereocenters. The molecule has 0 unspecified atom stereocenters. The first-order valence-electron chi connectivity index (χ1n) is 7.00. The van der Waals surface area contributed by atoms with E-state index in [-0.39, 0.29) is 11.7 Å². The molecule has 112 valence electrons. The highest BCUT2D eigenvalue weighted by Crippen LogP contribution is 2.28. The van der Waals surface area contributed by atoms with E-state index >= 15 is 0 Å². The molecular formula is C15H23FN2O2. The monoisotopic (exact) mass is 282 g/mol. The molecule has 0 aliphatic carbocycles. The van der Waals surface area contributed by atoms with Crippen molar-refractivity contribution in [2.24, 2.45) is 11.8 Å². The van der Waals surface area contributed by atoms with Crippen LogP contribution < -0.4 is 5.32 Å². The van der Waals surface area contributed by atoms with Gasteiger partial charge in [0.1, 0.15) is 11.5 Å². The topological polar surface area (TPSA) is 55.2 Å². The Bertz CT molecular complexity index is 451. The molecule has 0 bridgehead atoms. The largest absolute Gasteiger partial charge is 0.377 e. The van der Waals surface area contributed by atoms with Crippen LogP contribution in [0, 0.1) is 27.8 Å². The number of nitro benzene ring substituents is 1. The van der Waals surface area contributed by atoms with Crippen molar-refractivity contribution >= 4 is 11.4 Å². The van der Waals surface area contributed by atoms with Gasteiger partial charge >= 0.3 is 0 Å². The SMILES string of the molecule is CC(C)CC(CC(C)C)Nc1ccc(F)cc1[N+](=O)[O-]. The van der Waals surface area contributed by atoms with E-state index in [1.807, 2.05) is 0 Å². The fourth-order valence-corrected chi connectivity index (χ4v) is 2.35. The van der Waals surface area contributed by atoms with Crippen molar-refractivity contribution in [1.29, 1.82) is 0 Å². The van der Waals surface area contributed by atoms with Gasteiger partial charge in [-0.25, -0.2) is 4.39 Å². The van der Waals surface area contributed by atoms with E-state index in [1.165, 1.54) is 12.1 Å². The van der Waals surface area contributed by atoms with Crippen LogP contribution in [0.25, 0.3) is 0 Å². The summed E-state index contributed by atoms with van der Waals surface area (Å²) >= 11 is 0. The van der Waals surface area contributed by atoms with Gasteiger partial charge in [-0.15, -0.1) is 0 Å². The van der Waals surface area contributed by atoms with E-state index in [0.29, 0.717) is 17.5 Å². The molecule has 0 fully saturated rings. The first-order chi connectivity index (χ1) is 9.29. The van der Waals surface area contributed by atoms with Crippen molar-refractivity contribution in [3.8, 4) is 0 Å². The maximum Gasteiger partial charge on any atom is 0.295 e. The second-order valence-electron chi connectivity index (χ2n) is 6.02. The van der Waals surface area contributed by atoms with E-state index in [2.05, 4.69) is 33.0 Å². The molecule has 0 aliphatic heterocycles. The molecule has 4 nitrogen and oxygen atoms in total. The smallest absolute Gasteiger partial charge is 0.295 e. The lowest BCUT2D eigenvalue weighted by Crippen LogP contribution is -2.24. The highest BCUT2D eigenvalue weighted by molar-refractivity contribution is 5.61. The number of nitro groups is 1. The van der Waals surface area contributed by atoms with Crippen molar-refractivity contribution in [2.45, 2.75) is 46.6 Å². The van der Waals surface area contributed by atoms with Gasteiger partial charge in [-0.3, -0.25) is 10.1 Å². The average molecular weight is 282 g/mol. The van der Waals surface area contributed by atoms with Gasteiger partial charge in [-0.1, -0.05) is 27.7 Å². The average Bonchev–Trinajstić information content (AvgIpc) is 2.29. The number of anilines is 1. The highest BCUT2D eigenvalue weighted by atomic mass is 19.1. The van der Waals surface area contributed by atoms with Crippen LogP contribution in [-0.4, -0.2) is 11.0 Å². The van der Waals surface area contributed by atoms with E-state index in [4.69, 9.17) is 0 Å². The predicted octanol–water partition coefficient (Wildman–Crippen LogP) is 4.61. The molecule has 0 spiro atoms. The Morgan fingerprint density at radius 2 is 1.75 bits per heavy atom. The van der Waals surface area contributed by atoms with E-state index in [0.717, 1.165) is 18.9 Å². The number of halogens is 1. The van der Waals surface area contributed by atoms with Gasteiger partial charge in [0.2, 0.25) is 0 Å². The molecule has 1 rings (SSSR count). The number of hydrogen-bond donors (Lipinski definition) is 1. The van der Waals surface area contributed by atoms with Crippen LogP contribution in [0.5, 0.6) is 0 Å². The summed E-state index contributed by atoms with van der Waals surface area (Å²) in [6.07, 6.45) is 1.85. The fraction of sp³-hybridized carbons (Fsp3) is 0.600. The van der Waals surface area contributed by atoms with E-state index in [9.17, 15) is 14.5 Å². The van der Waals surface area contributed by atoms with Gasteiger partial charge in [0.25, 0.3) is 5.69 Å². The summed E-state index contributed by atoms with van der Waals surface area (Å²) in [4.78, 5) is 10.5. The Hall–Kier alpha value is -1.65. The highest BCUT2D eigenvalue weighted by Gasteiger charge is 2.19. The number of hydrogen-bond acceptors (Lipinski definition) is 3. The summed E-state index contributed by atoms with van der Waals surface area (Å²) < 4.78 is 13.1. The molecule has 0 saturated heterocycles. The molecular weight excluding hydrogens is 259 g/mol. The summed E-state index contributed by atoms with van der Waals surface area (Å²) in [7, 11) is 0. The maximum absolute atomic E-state index is 13.1. The van der Waals surface area contributed by atoms with Gasteiger partial charge in [0.15, 0.2) is 0 Å². The zero-order valence-corrected chi connectivity index (χ0v) is 12.5. The Morgan fingerprint density at radius 1 is 1.20 bits per heavy atom. The molecule has 0 saturated carbocycles. The molecule has 0 amide bonds. The van der Waals surface area contributed by atoms with Crippen LogP contribution in [0.2, 0.25) is 0 Å². The summed E-state index contributed by atoms with van der Waals surface area (Å²) in [6, 6.07) is 3.81. The standard InChI is InChI=1S/C15H23FN2O2/c1-10(2)7-13(8-11(3)4)17-14-6-5-12(16)9-15(14)18(19)20/h5-6,9-11,13,17H,7-8H2,1-4H3.